The molecule has 0 aromatic heterocycles. The zero-order valence-corrected chi connectivity index (χ0v) is 12.8. The van der Waals surface area contributed by atoms with Crippen LogP contribution in [0.2, 0.25) is 0 Å². The lowest BCUT2D eigenvalue weighted by molar-refractivity contribution is -0.195. The molecule has 22 heavy (non-hydrogen) atoms. The van der Waals surface area contributed by atoms with Crippen molar-refractivity contribution in [3.8, 4) is 0 Å². The molecule has 1 amide bonds. The number of esters is 3. The Labute approximate surface area is 127 Å². The van der Waals surface area contributed by atoms with Crippen LogP contribution < -0.4 is 5.32 Å². The molecule has 124 valence electrons. The molecule has 0 bridgehead atoms. The number of carbonyl (C=O) groups excluding carboxylic acids is 4. The van der Waals surface area contributed by atoms with E-state index in [0.717, 1.165) is 13.8 Å². The van der Waals surface area contributed by atoms with Gasteiger partial charge in [-0.25, -0.2) is 0 Å². The maximum atomic E-state index is 11.2. The summed E-state index contributed by atoms with van der Waals surface area (Å²) in [5.74, 6) is -2.24. The fraction of sp³-hybridized carbons (Fsp3) is 0.692. The lowest BCUT2D eigenvalue weighted by Gasteiger charge is -2.22. The Bertz CT molecular complexity index is 463. The van der Waals surface area contributed by atoms with Crippen LogP contribution in [0.1, 0.15) is 27.7 Å². The van der Waals surface area contributed by atoms with Crippen molar-refractivity contribution in [3.05, 3.63) is 0 Å². The van der Waals surface area contributed by atoms with Crippen molar-refractivity contribution in [3.63, 3.8) is 0 Å². The molecule has 1 aliphatic heterocycles. The summed E-state index contributed by atoms with van der Waals surface area (Å²) in [5, 5.41) is 2.50. The average molecular weight is 317 g/mol. The standard InChI is InChI=1S/C13H19NO8/c1-6(15)14-5-10-11(19-7(2)16)12(20-8(3)17)13(22-10)21-9(4)18/h10-13H,5H2,1-4H3,(H,14,15)/t10-,11-,12+,13+/m1/s1. The van der Waals surface area contributed by atoms with Crippen molar-refractivity contribution in [2.75, 3.05) is 6.54 Å². The molecule has 0 aromatic carbocycles. The maximum absolute atomic E-state index is 11.2. The van der Waals surface area contributed by atoms with Crippen LogP contribution in [0.5, 0.6) is 0 Å². The highest BCUT2D eigenvalue weighted by atomic mass is 16.7. The first kappa shape index (κ1) is 17.9. The summed E-state index contributed by atoms with van der Waals surface area (Å²) in [6.45, 7) is 4.82. The molecule has 0 radical (unpaired) electrons. The molecule has 1 N–H and O–H groups in total. The fourth-order valence-electron chi connectivity index (χ4n) is 2.01. The monoisotopic (exact) mass is 317 g/mol. The fourth-order valence-corrected chi connectivity index (χ4v) is 2.01. The predicted octanol–water partition coefficient (Wildman–Crippen LogP) is -0.726. The topological polar surface area (TPSA) is 117 Å². The van der Waals surface area contributed by atoms with Crippen LogP contribution in [-0.2, 0) is 38.1 Å². The van der Waals surface area contributed by atoms with E-state index in [4.69, 9.17) is 18.9 Å². The molecule has 0 aromatic rings. The molecule has 4 atom stereocenters. The molecular formula is C13H19NO8. The van der Waals surface area contributed by atoms with Gasteiger partial charge in [0.2, 0.25) is 18.3 Å². The SMILES string of the molecule is CC(=O)NC[C@H]1O[C@H](OC(C)=O)[C@@H](OC(C)=O)[C@@H]1OC(C)=O. The third kappa shape index (κ3) is 5.32. The molecular weight excluding hydrogens is 298 g/mol. The van der Waals surface area contributed by atoms with E-state index in [1.165, 1.54) is 13.8 Å². The van der Waals surface area contributed by atoms with Gasteiger partial charge < -0.3 is 24.3 Å². The molecule has 9 heteroatoms. The van der Waals surface area contributed by atoms with Crippen molar-refractivity contribution >= 4 is 23.8 Å². The minimum atomic E-state index is -1.22. The number of hydrogen-bond donors (Lipinski definition) is 1. The van der Waals surface area contributed by atoms with Gasteiger partial charge in [0.05, 0.1) is 0 Å². The quantitative estimate of drug-likeness (QED) is 0.521. The van der Waals surface area contributed by atoms with Crippen molar-refractivity contribution in [1.29, 1.82) is 0 Å². The van der Waals surface area contributed by atoms with E-state index in [0.29, 0.717) is 0 Å². The van der Waals surface area contributed by atoms with Crippen molar-refractivity contribution in [2.24, 2.45) is 0 Å². The van der Waals surface area contributed by atoms with Crippen molar-refractivity contribution in [1.82, 2.24) is 5.32 Å². The number of nitrogens with one attached hydrogen (secondary N) is 1. The molecule has 0 spiro atoms. The van der Waals surface area contributed by atoms with Gasteiger partial charge in [0.1, 0.15) is 6.10 Å². The number of rotatable bonds is 5. The average Bonchev–Trinajstić information content (AvgIpc) is 2.63. The smallest absolute Gasteiger partial charge is 0.305 e. The lowest BCUT2D eigenvalue weighted by Crippen LogP contribution is -2.44. The molecule has 0 unspecified atom stereocenters. The largest absolute Gasteiger partial charge is 0.455 e. The van der Waals surface area contributed by atoms with E-state index in [-0.39, 0.29) is 12.5 Å². The second-order valence-corrected chi connectivity index (χ2v) is 4.74. The van der Waals surface area contributed by atoms with Gasteiger partial charge in [-0.3, -0.25) is 19.2 Å². The van der Waals surface area contributed by atoms with Crippen LogP contribution in [0, 0.1) is 0 Å². The molecule has 1 aliphatic rings. The lowest BCUT2D eigenvalue weighted by atomic mass is 10.1. The number of amides is 1. The summed E-state index contributed by atoms with van der Waals surface area (Å²) in [7, 11) is 0. The highest BCUT2D eigenvalue weighted by molar-refractivity contribution is 5.73. The normalized spacial score (nSPS) is 26.9. The second-order valence-electron chi connectivity index (χ2n) is 4.74. The Morgan fingerprint density at radius 3 is 1.82 bits per heavy atom. The Morgan fingerprint density at radius 2 is 1.36 bits per heavy atom. The molecule has 1 rings (SSSR count). The summed E-state index contributed by atoms with van der Waals surface area (Å²) in [5.41, 5.74) is 0. The Kier molecular flexibility index (Phi) is 6.29. The van der Waals surface area contributed by atoms with Crippen molar-refractivity contribution < 1.29 is 38.1 Å². The molecule has 1 heterocycles. The predicted molar refractivity (Wildman–Crippen MR) is 70.2 cm³/mol. The number of hydrogen-bond acceptors (Lipinski definition) is 8. The second kappa shape index (κ2) is 7.74. The van der Waals surface area contributed by atoms with Gasteiger partial charge in [-0.1, -0.05) is 0 Å². The number of ether oxygens (including phenoxy) is 4. The summed E-state index contributed by atoms with van der Waals surface area (Å²) < 4.78 is 20.5. The van der Waals surface area contributed by atoms with Gasteiger partial charge in [-0.05, 0) is 0 Å². The summed E-state index contributed by atoms with van der Waals surface area (Å²) in [6.07, 6.45) is -4.15. The van der Waals surface area contributed by atoms with Gasteiger partial charge in [-0.2, -0.15) is 0 Å². The zero-order valence-electron chi connectivity index (χ0n) is 12.8. The Morgan fingerprint density at radius 1 is 0.864 bits per heavy atom. The first-order valence-corrected chi connectivity index (χ1v) is 6.62. The molecule has 1 fully saturated rings. The minimum absolute atomic E-state index is 0.00279. The van der Waals surface area contributed by atoms with Gasteiger partial charge in [-0.15, -0.1) is 0 Å². The van der Waals surface area contributed by atoms with Gasteiger partial charge in [0.15, 0.2) is 6.10 Å². The summed E-state index contributed by atoms with van der Waals surface area (Å²) in [6, 6.07) is 0. The molecule has 9 nitrogen and oxygen atoms in total. The third-order valence-electron chi connectivity index (χ3n) is 2.71. The molecule has 0 saturated carbocycles. The van der Waals surface area contributed by atoms with Crippen LogP contribution in [0.4, 0.5) is 0 Å². The number of carbonyl (C=O) groups is 4. The summed E-state index contributed by atoms with van der Waals surface area (Å²) in [4.78, 5) is 44.6. The van der Waals surface area contributed by atoms with Crippen LogP contribution in [0.25, 0.3) is 0 Å². The Hall–Kier alpha value is -2.16. The Balaban J connectivity index is 2.94. The first-order valence-electron chi connectivity index (χ1n) is 6.62. The van der Waals surface area contributed by atoms with Crippen molar-refractivity contribution in [2.45, 2.75) is 52.3 Å². The maximum Gasteiger partial charge on any atom is 0.305 e. The van der Waals surface area contributed by atoms with E-state index in [1.54, 1.807) is 0 Å². The molecule has 0 aliphatic carbocycles. The van der Waals surface area contributed by atoms with E-state index >= 15 is 0 Å². The highest BCUT2D eigenvalue weighted by Gasteiger charge is 2.50. The highest BCUT2D eigenvalue weighted by Crippen LogP contribution is 2.28. The van der Waals surface area contributed by atoms with E-state index in [1.807, 2.05) is 0 Å². The van der Waals surface area contributed by atoms with E-state index < -0.39 is 42.5 Å². The van der Waals surface area contributed by atoms with Crippen LogP contribution in [0.3, 0.4) is 0 Å². The van der Waals surface area contributed by atoms with Crippen LogP contribution in [0.15, 0.2) is 0 Å². The van der Waals surface area contributed by atoms with Gasteiger partial charge in [0, 0.05) is 34.2 Å². The van der Waals surface area contributed by atoms with E-state index in [9.17, 15) is 19.2 Å². The summed E-state index contributed by atoms with van der Waals surface area (Å²) >= 11 is 0. The van der Waals surface area contributed by atoms with Crippen LogP contribution >= 0.6 is 0 Å². The van der Waals surface area contributed by atoms with Gasteiger partial charge >= 0.3 is 17.9 Å². The zero-order chi connectivity index (χ0) is 16.9. The minimum Gasteiger partial charge on any atom is -0.455 e. The third-order valence-corrected chi connectivity index (χ3v) is 2.71. The van der Waals surface area contributed by atoms with Gasteiger partial charge in [0.25, 0.3) is 0 Å². The molecule has 1 saturated heterocycles. The first-order chi connectivity index (χ1) is 10.2. The van der Waals surface area contributed by atoms with Crippen LogP contribution in [-0.4, -0.2) is 55.0 Å². The van der Waals surface area contributed by atoms with E-state index in [2.05, 4.69) is 5.32 Å².